The summed E-state index contributed by atoms with van der Waals surface area (Å²) >= 11 is 1.27. The third-order valence-electron chi connectivity index (χ3n) is 2.42. The van der Waals surface area contributed by atoms with Crippen molar-refractivity contribution in [2.24, 2.45) is 0 Å². The second kappa shape index (κ2) is 4.42. The van der Waals surface area contributed by atoms with Gasteiger partial charge in [0.2, 0.25) is 0 Å². The summed E-state index contributed by atoms with van der Waals surface area (Å²) in [6.07, 6.45) is 0. The van der Waals surface area contributed by atoms with Crippen molar-refractivity contribution < 1.29 is 8.42 Å². The Morgan fingerprint density at radius 3 is 2.50 bits per heavy atom. The van der Waals surface area contributed by atoms with Crippen LogP contribution >= 0.6 is 11.3 Å². The van der Waals surface area contributed by atoms with Crippen LogP contribution in [0.1, 0.15) is 13.8 Å². The van der Waals surface area contributed by atoms with Crippen LogP contribution in [0.5, 0.6) is 0 Å². The van der Waals surface area contributed by atoms with E-state index in [0.29, 0.717) is 4.21 Å². The molecule has 80 valence electrons. The molecule has 0 spiro atoms. The number of hydrogen-bond donors (Lipinski definition) is 1. The van der Waals surface area contributed by atoms with Gasteiger partial charge in [-0.1, -0.05) is 6.07 Å². The molecule has 1 N–H and O–H groups in total. The van der Waals surface area contributed by atoms with Crippen LogP contribution in [0.4, 0.5) is 0 Å². The van der Waals surface area contributed by atoms with Crippen LogP contribution in [0.25, 0.3) is 0 Å². The standard InChI is InChI=1S/C9H15NO2S2/c1-7(10-3)8(2)14(11,12)9-5-4-6-13-9/h4-8,10H,1-3H3. The van der Waals surface area contributed by atoms with E-state index < -0.39 is 15.1 Å². The number of thiophene rings is 1. The normalized spacial score (nSPS) is 16.5. The fraction of sp³-hybridized carbons (Fsp3) is 0.556. The molecule has 1 aromatic heterocycles. The Balaban J connectivity index is 2.97. The average molecular weight is 233 g/mol. The Morgan fingerprint density at radius 1 is 1.43 bits per heavy atom. The number of rotatable bonds is 4. The van der Waals surface area contributed by atoms with Gasteiger partial charge in [0.1, 0.15) is 4.21 Å². The van der Waals surface area contributed by atoms with Gasteiger partial charge in [-0.05, 0) is 32.3 Å². The maximum absolute atomic E-state index is 12.0. The van der Waals surface area contributed by atoms with E-state index >= 15 is 0 Å². The van der Waals surface area contributed by atoms with Gasteiger partial charge in [0, 0.05) is 6.04 Å². The van der Waals surface area contributed by atoms with Crippen molar-refractivity contribution in [1.82, 2.24) is 5.32 Å². The van der Waals surface area contributed by atoms with Crippen LogP contribution in [0.3, 0.4) is 0 Å². The first-order valence-corrected chi connectivity index (χ1v) is 6.87. The molecule has 0 amide bonds. The van der Waals surface area contributed by atoms with Crippen molar-refractivity contribution in [2.45, 2.75) is 29.3 Å². The maximum Gasteiger partial charge on any atom is 0.191 e. The van der Waals surface area contributed by atoms with Crippen LogP contribution in [0.2, 0.25) is 0 Å². The first kappa shape index (κ1) is 11.7. The van der Waals surface area contributed by atoms with Gasteiger partial charge >= 0.3 is 0 Å². The highest BCUT2D eigenvalue weighted by atomic mass is 32.2. The topological polar surface area (TPSA) is 46.2 Å². The van der Waals surface area contributed by atoms with Gasteiger partial charge in [0.05, 0.1) is 5.25 Å². The first-order chi connectivity index (χ1) is 6.50. The monoisotopic (exact) mass is 233 g/mol. The number of nitrogens with one attached hydrogen (secondary N) is 1. The van der Waals surface area contributed by atoms with Crippen LogP contribution in [-0.4, -0.2) is 26.8 Å². The predicted octanol–water partition coefficient (Wildman–Crippen LogP) is 1.52. The van der Waals surface area contributed by atoms with Crippen molar-refractivity contribution in [3.8, 4) is 0 Å². The summed E-state index contributed by atoms with van der Waals surface area (Å²) in [7, 11) is -1.38. The molecule has 0 aliphatic heterocycles. The van der Waals surface area contributed by atoms with Crippen LogP contribution in [0, 0.1) is 0 Å². The van der Waals surface area contributed by atoms with E-state index in [4.69, 9.17) is 0 Å². The minimum Gasteiger partial charge on any atom is -0.316 e. The average Bonchev–Trinajstić information content (AvgIpc) is 2.68. The molecule has 0 aliphatic carbocycles. The second-order valence-electron chi connectivity index (χ2n) is 3.26. The molecular formula is C9H15NO2S2. The van der Waals surface area contributed by atoms with E-state index in [1.165, 1.54) is 11.3 Å². The van der Waals surface area contributed by atoms with E-state index in [9.17, 15) is 8.42 Å². The minimum atomic E-state index is -3.15. The van der Waals surface area contributed by atoms with E-state index in [1.54, 1.807) is 31.5 Å². The number of sulfone groups is 1. The molecule has 2 atom stereocenters. The molecule has 0 bridgehead atoms. The molecule has 2 unspecified atom stereocenters. The van der Waals surface area contributed by atoms with Gasteiger partial charge in [-0.3, -0.25) is 0 Å². The molecular weight excluding hydrogens is 218 g/mol. The van der Waals surface area contributed by atoms with Crippen LogP contribution < -0.4 is 5.32 Å². The van der Waals surface area contributed by atoms with Crippen molar-refractivity contribution in [1.29, 1.82) is 0 Å². The van der Waals surface area contributed by atoms with E-state index in [1.807, 2.05) is 6.92 Å². The lowest BCUT2D eigenvalue weighted by Gasteiger charge is -2.18. The van der Waals surface area contributed by atoms with Crippen LogP contribution in [0.15, 0.2) is 21.7 Å². The molecule has 5 heteroatoms. The fourth-order valence-electron chi connectivity index (χ4n) is 1.11. The van der Waals surface area contributed by atoms with E-state index in [0.717, 1.165) is 0 Å². The molecule has 14 heavy (non-hydrogen) atoms. The molecule has 0 aromatic carbocycles. The Hall–Kier alpha value is -0.390. The van der Waals surface area contributed by atoms with Gasteiger partial charge in [-0.15, -0.1) is 11.3 Å². The molecule has 0 saturated carbocycles. The molecule has 1 rings (SSSR count). The molecule has 1 heterocycles. The predicted molar refractivity (Wildman–Crippen MR) is 59.5 cm³/mol. The smallest absolute Gasteiger partial charge is 0.191 e. The Bertz CT molecular complexity index is 370. The molecule has 3 nitrogen and oxygen atoms in total. The highest BCUT2D eigenvalue weighted by Gasteiger charge is 2.27. The maximum atomic E-state index is 12.0. The van der Waals surface area contributed by atoms with E-state index in [-0.39, 0.29) is 6.04 Å². The second-order valence-corrected chi connectivity index (χ2v) is 6.74. The Morgan fingerprint density at radius 2 is 2.07 bits per heavy atom. The third-order valence-corrected chi connectivity index (χ3v) is 6.16. The zero-order valence-electron chi connectivity index (χ0n) is 8.52. The highest BCUT2D eigenvalue weighted by Crippen LogP contribution is 2.22. The largest absolute Gasteiger partial charge is 0.316 e. The Kier molecular flexibility index (Phi) is 3.69. The van der Waals surface area contributed by atoms with Gasteiger partial charge in [0.15, 0.2) is 9.84 Å². The first-order valence-electron chi connectivity index (χ1n) is 4.45. The lowest BCUT2D eigenvalue weighted by atomic mass is 10.3. The molecule has 0 fully saturated rings. The SMILES string of the molecule is CNC(C)C(C)S(=O)(=O)c1cccs1. The summed E-state index contributed by atoms with van der Waals surface area (Å²) in [4.78, 5) is 0. The summed E-state index contributed by atoms with van der Waals surface area (Å²) < 4.78 is 24.4. The zero-order chi connectivity index (χ0) is 10.8. The third kappa shape index (κ3) is 2.16. The quantitative estimate of drug-likeness (QED) is 0.857. The van der Waals surface area contributed by atoms with Gasteiger partial charge in [-0.2, -0.15) is 0 Å². The zero-order valence-corrected chi connectivity index (χ0v) is 10.2. The lowest BCUT2D eigenvalue weighted by molar-refractivity contribution is 0.541. The number of hydrogen-bond acceptors (Lipinski definition) is 4. The molecule has 1 aromatic rings. The van der Waals surface area contributed by atoms with Gasteiger partial charge < -0.3 is 5.32 Å². The molecule has 0 saturated heterocycles. The summed E-state index contributed by atoms with van der Waals surface area (Å²) in [5, 5.41) is 4.34. The molecule has 0 aliphatic rings. The summed E-state index contributed by atoms with van der Waals surface area (Å²) in [5.74, 6) is 0. The molecule has 0 radical (unpaired) electrons. The van der Waals surface area contributed by atoms with Crippen LogP contribution in [-0.2, 0) is 9.84 Å². The minimum absolute atomic E-state index is 0.0397. The van der Waals surface area contributed by atoms with Crippen molar-refractivity contribution in [3.05, 3.63) is 17.5 Å². The summed E-state index contributed by atoms with van der Waals surface area (Å²) in [6, 6.07) is 3.37. The van der Waals surface area contributed by atoms with Crippen molar-refractivity contribution in [2.75, 3.05) is 7.05 Å². The van der Waals surface area contributed by atoms with Crippen molar-refractivity contribution in [3.63, 3.8) is 0 Å². The van der Waals surface area contributed by atoms with E-state index in [2.05, 4.69) is 5.32 Å². The van der Waals surface area contributed by atoms with Gasteiger partial charge in [-0.25, -0.2) is 8.42 Å². The van der Waals surface area contributed by atoms with Gasteiger partial charge in [0.25, 0.3) is 0 Å². The fourth-order valence-corrected chi connectivity index (χ4v) is 4.03. The highest BCUT2D eigenvalue weighted by molar-refractivity contribution is 7.94. The summed E-state index contributed by atoms with van der Waals surface area (Å²) in [6.45, 7) is 3.60. The Labute approximate surface area is 89.1 Å². The lowest BCUT2D eigenvalue weighted by Crippen LogP contribution is -2.38. The summed E-state index contributed by atoms with van der Waals surface area (Å²) in [5.41, 5.74) is 0. The van der Waals surface area contributed by atoms with Crippen molar-refractivity contribution >= 4 is 21.2 Å².